The minimum absolute atomic E-state index is 0.640. The highest BCUT2D eigenvalue weighted by molar-refractivity contribution is 5.33. The van der Waals surface area contributed by atoms with Crippen molar-refractivity contribution in [1.29, 1.82) is 0 Å². The molecule has 0 aliphatic carbocycles. The summed E-state index contributed by atoms with van der Waals surface area (Å²) < 4.78 is 5.59. The van der Waals surface area contributed by atoms with Gasteiger partial charge in [-0.3, -0.25) is 4.98 Å². The average Bonchev–Trinajstić information content (AvgIpc) is 2.48. The first-order chi connectivity index (χ1) is 9.31. The van der Waals surface area contributed by atoms with Crippen LogP contribution in [0.15, 0.2) is 48.8 Å². The van der Waals surface area contributed by atoms with Crippen molar-refractivity contribution in [3.8, 4) is 5.75 Å². The minimum atomic E-state index is -0.640. The van der Waals surface area contributed by atoms with Gasteiger partial charge in [0.2, 0.25) is 0 Å². The van der Waals surface area contributed by atoms with Crippen LogP contribution < -0.4 is 4.74 Å². The maximum absolute atomic E-state index is 10.2. The largest absolute Gasteiger partial charge is 0.494 e. The van der Waals surface area contributed by atoms with Crippen LogP contribution in [0.1, 0.15) is 37.0 Å². The normalized spacial score (nSPS) is 12.1. The molecule has 0 bridgehead atoms. The Balaban J connectivity index is 2.02. The summed E-state index contributed by atoms with van der Waals surface area (Å²) in [7, 11) is 0. The van der Waals surface area contributed by atoms with E-state index in [1.807, 2.05) is 36.4 Å². The number of benzene rings is 1. The first-order valence-corrected chi connectivity index (χ1v) is 6.62. The van der Waals surface area contributed by atoms with Crippen molar-refractivity contribution < 1.29 is 9.84 Å². The van der Waals surface area contributed by atoms with Gasteiger partial charge in [0.1, 0.15) is 11.9 Å². The Labute approximate surface area is 113 Å². The Morgan fingerprint density at radius 1 is 1.16 bits per heavy atom. The summed E-state index contributed by atoms with van der Waals surface area (Å²) in [5.41, 5.74) is 1.64. The molecule has 1 heterocycles. The number of hydrogen-bond donors (Lipinski definition) is 1. The third-order valence-corrected chi connectivity index (χ3v) is 2.96. The lowest BCUT2D eigenvalue weighted by atomic mass is 10.0. The van der Waals surface area contributed by atoms with E-state index in [9.17, 15) is 5.11 Å². The highest BCUT2D eigenvalue weighted by Crippen LogP contribution is 2.23. The molecule has 0 spiro atoms. The van der Waals surface area contributed by atoms with Gasteiger partial charge in [-0.05, 0) is 30.2 Å². The number of hydrogen-bond acceptors (Lipinski definition) is 3. The Kier molecular flexibility index (Phi) is 4.93. The molecular weight excluding hydrogens is 238 g/mol. The summed E-state index contributed by atoms with van der Waals surface area (Å²) in [5, 5.41) is 10.2. The second kappa shape index (κ2) is 6.90. The summed E-state index contributed by atoms with van der Waals surface area (Å²) in [5.74, 6) is 0.843. The highest BCUT2D eigenvalue weighted by Gasteiger charge is 2.10. The zero-order valence-corrected chi connectivity index (χ0v) is 11.1. The topological polar surface area (TPSA) is 42.4 Å². The van der Waals surface area contributed by atoms with Crippen LogP contribution in [0.4, 0.5) is 0 Å². The predicted octanol–water partition coefficient (Wildman–Crippen LogP) is 3.34. The standard InChI is InChI=1S/C16H19NO2/c1-2-3-11-19-15-8-6-13(7-9-15)16(18)14-5-4-10-17-12-14/h4-10,12,16,18H,2-3,11H2,1H3. The van der Waals surface area contributed by atoms with Gasteiger partial charge in [0.25, 0.3) is 0 Å². The molecule has 0 saturated heterocycles. The van der Waals surface area contributed by atoms with Crippen LogP contribution in [0.3, 0.4) is 0 Å². The van der Waals surface area contributed by atoms with Gasteiger partial charge in [0.05, 0.1) is 6.61 Å². The van der Waals surface area contributed by atoms with Crippen molar-refractivity contribution in [3.63, 3.8) is 0 Å². The number of aromatic nitrogens is 1. The number of aliphatic hydroxyl groups is 1. The molecule has 0 amide bonds. The van der Waals surface area contributed by atoms with Gasteiger partial charge in [-0.15, -0.1) is 0 Å². The van der Waals surface area contributed by atoms with Crippen molar-refractivity contribution in [3.05, 3.63) is 59.9 Å². The van der Waals surface area contributed by atoms with Gasteiger partial charge in [0, 0.05) is 18.0 Å². The second-order valence-corrected chi connectivity index (χ2v) is 4.46. The molecule has 3 heteroatoms. The molecule has 3 nitrogen and oxygen atoms in total. The van der Waals surface area contributed by atoms with Crippen LogP contribution in [0.5, 0.6) is 5.75 Å². The van der Waals surface area contributed by atoms with Crippen molar-refractivity contribution in [2.45, 2.75) is 25.9 Å². The van der Waals surface area contributed by atoms with E-state index in [0.29, 0.717) is 0 Å². The number of nitrogens with zero attached hydrogens (tertiary/aromatic N) is 1. The van der Waals surface area contributed by atoms with Crippen LogP contribution in [0.2, 0.25) is 0 Å². The molecule has 1 aromatic heterocycles. The van der Waals surface area contributed by atoms with E-state index in [4.69, 9.17) is 4.74 Å². The van der Waals surface area contributed by atoms with E-state index in [0.717, 1.165) is 36.3 Å². The van der Waals surface area contributed by atoms with Crippen molar-refractivity contribution >= 4 is 0 Å². The van der Waals surface area contributed by atoms with E-state index in [1.54, 1.807) is 12.4 Å². The molecule has 2 aromatic rings. The molecule has 1 aromatic carbocycles. The van der Waals surface area contributed by atoms with Crippen molar-refractivity contribution in [2.75, 3.05) is 6.61 Å². The maximum atomic E-state index is 10.2. The van der Waals surface area contributed by atoms with Crippen LogP contribution in [0, 0.1) is 0 Å². The molecule has 0 saturated carbocycles. The summed E-state index contributed by atoms with van der Waals surface area (Å²) in [6, 6.07) is 11.2. The maximum Gasteiger partial charge on any atom is 0.119 e. The van der Waals surface area contributed by atoms with Gasteiger partial charge in [-0.2, -0.15) is 0 Å². The van der Waals surface area contributed by atoms with Crippen LogP contribution in [-0.4, -0.2) is 16.7 Å². The summed E-state index contributed by atoms with van der Waals surface area (Å²) >= 11 is 0. The van der Waals surface area contributed by atoms with Gasteiger partial charge < -0.3 is 9.84 Å². The van der Waals surface area contributed by atoms with E-state index in [-0.39, 0.29) is 0 Å². The molecule has 1 unspecified atom stereocenters. The monoisotopic (exact) mass is 257 g/mol. The summed E-state index contributed by atoms with van der Waals surface area (Å²) in [6.07, 6.45) is 4.91. The summed E-state index contributed by atoms with van der Waals surface area (Å²) in [4.78, 5) is 4.01. The number of ether oxygens (including phenoxy) is 1. The van der Waals surface area contributed by atoms with E-state index in [1.165, 1.54) is 0 Å². The number of aliphatic hydroxyl groups excluding tert-OH is 1. The molecule has 1 N–H and O–H groups in total. The van der Waals surface area contributed by atoms with Gasteiger partial charge >= 0.3 is 0 Å². The summed E-state index contributed by atoms with van der Waals surface area (Å²) in [6.45, 7) is 2.87. The first-order valence-electron chi connectivity index (χ1n) is 6.62. The average molecular weight is 257 g/mol. The van der Waals surface area contributed by atoms with Crippen LogP contribution >= 0.6 is 0 Å². The Bertz CT molecular complexity index is 482. The first kappa shape index (κ1) is 13.6. The molecule has 0 aliphatic heterocycles. The highest BCUT2D eigenvalue weighted by atomic mass is 16.5. The van der Waals surface area contributed by atoms with Crippen molar-refractivity contribution in [1.82, 2.24) is 4.98 Å². The zero-order valence-electron chi connectivity index (χ0n) is 11.1. The number of rotatable bonds is 6. The molecule has 19 heavy (non-hydrogen) atoms. The third kappa shape index (κ3) is 3.80. The third-order valence-electron chi connectivity index (χ3n) is 2.96. The zero-order chi connectivity index (χ0) is 13.5. The molecule has 0 radical (unpaired) electrons. The Hall–Kier alpha value is -1.87. The fourth-order valence-electron chi connectivity index (χ4n) is 1.81. The predicted molar refractivity (Wildman–Crippen MR) is 75.1 cm³/mol. The fraction of sp³-hybridized carbons (Fsp3) is 0.312. The number of unbranched alkanes of at least 4 members (excludes halogenated alkanes) is 1. The molecule has 0 aliphatic rings. The lowest BCUT2D eigenvalue weighted by Crippen LogP contribution is -2.01. The number of pyridine rings is 1. The Morgan fingerprint density at radius 2 is 1.95 bits per heavy atom. The van der Waals surface area contributed by atoms with Crippen LogP contribution in [-0.2, 0) is 0 Å². The minimum Gasteiger partial charge on any atom is -0.494 e. The molecular formula is C16H19NO2. The van der Waals surface area contributed by atoms with E-state index in [2.05, 4.69) is 11.9 Å². The lowest BCUT2D eigenvalue weighted by molar-refractivity contribution is 0.219. The van der Waals surface area contributed by atoms with Crippen molar-refractivity contribution in [2.24, 2.45) is 0 Å². The molecule has 1 atom stereocenters. The SMILES string of the molecule is CCCCOc1ccc(C(O)c2cccnc2)cc1. The Morgan fingerprint density at radius 3 is 2.58 bits per heavy atom. The fourth-order valence-corrected chi connectivity index (χ4v) is 1.81. The quantitative estimate of drug-likeness (QED) is 0.807. The molecule has 100 valence electrons. The molecule has 0 fully saturated rings. The van der Waals surface area contributed by atoms with Gasteiger partial charge in [0.15, 0.2) is 0 Å². The van der Waals surface area contributed by atoms with E-state index >= 15 is 0 Å². The molecule has 2 rings (SSSR count). The second-order valence-electron chi connectivity index (χ2n) is 4.46. The lowest BCUT2D eigenvalue weighted by Gasteiger charge is -2.12. The van der Waals surface area contributed by atoms with Gasteiger partial charge in [-0.25, -0.2) is 0 Å². The van der Waals surface area contributed by atoms with E-state index < -0.39 is 6.10 Å². The van der Waals surface area contributed by atoms with Crippen LogP contribution in [0.25, 0.3) is 0 Å². The van der Waals surface area contributed by atoms with Gasteiger partial charge in [-0.1, -0.05) is 31.5 Å². The smallest absolute Gasteiger partial charge is 0.119 e.